The third-order valence-corrected chi connectivity index (χ3v) is 2.67. The van der Waals surface area contributed by atoms with Gasteiger partial charge in [-0.15, -0.1) is 0 Å². The molecule has 0 N–H and O–H groups in total. The summed E-state index contributed by atoms with van der Waals surface area (Å²) in [5, 5.41) is 0. The van der Waals surface area contributed by atoms with Crippen LogP contribution in [0.15, 0.2) is 34.7 Å². The van der Waals surface area contributed by atoms with Gasteiger partial charge in [-0.2, -0.15) is 0 Å². The number of Topliss-reactive ketones (excluding diaryl/α,β-unsaturated/α-hetero) is 1. The Labute approximate surface area is 99.1 Å². The second-order valence-corrected chi connectivity index (χ2v) is 4.08. The van der Waals surface area contributed by atoms with Gasteiger partial charge in [-0.25, -0.2) is 4.39 Å². The van der Waals surface area contributed by atoms with Crippen LogP contribution in [0.25, 0.3) is 0 Å². The van der Waals surface area contributed by atoms with E-state index in [0.29, 0.717) is 11.5 Å². The van der Waals surface area contributed by atoms with E-state index in [4.69, 9.17) is 4.42 Å². The summed E-state index contributed by atoms with van der Waals surface area (Å²) in [7, 11) is 0. The van der Waals surface area contributed by atoms with Crippen molar-refractivity contribution >= 4 is 5.78 Å². The molecule has 0 aliphatic rings. The standard InChI is InChI=1S/C14H13FO2/c1-9-7-12(15)5-4-11(9)8-13(16)14-6-3-10(2)17-14/h3-7H,8H2,1-2H3. The van der Waals surface area contributed by atoms with Crippen molar-refractivity contribution < 1.29 is 13.6 Å². The Kier molecular flexibility index (Phi) is 3.09. The summed E-state index contributed by atoms with van der Waals surface area (Å²) in [6.45, 7) is 3.58. The van der Waals surface area contributed by atoms with Crippen LogP contribution in [0.4, 0.5) is 4.39 Å². The molecular weight excluding hydrogens is 219 g/mol. The molecule has 0 aliphatic carbocycles. The van der Waals surface area contributed by atoms with E-state index in [1.165, 1.54) is 12.1 Å². The van der Waals surface area contributed by atoms with Crippen LogP contribution in [0, 0.1) is 19.7 Å². The summed E-state index contributed by atoms with van der Waals surface area (Å²) in [5.74, 6) is 0.691. The predicted molar refractivity (Wildman–Crippen MR) is 62.6 cm³/mol. The summed E-state index contributed by atoms with van der Waals surface area (Å²) >= 11 is 0. The highest BCUT2D eigenvalue weighted by molar-refractivity contribution is 5.95. The molecule has 0 amide bonds. The van der Waals surface area contributed by atoms with E-state index >= 15 is 0 Å². The zero-order valence-electron chi connectivity index (χ0n) is 9.79. The van der Waals surface area contributed by atoms with Crippen LogP contribution in [0.5, 0.6) is 0 Å². The van der Waals surface area contributed by atoms with Gasteiger partial charge in [0, 0.05) is 6.42 Å². The lowest BCUT2D eigenvalue weighted by atomic mass is 10.0. The van der Waals surface area contributed by atoms with Crippen LogP contribution >= 0.6 is 0 Å². The maximum Gasteiger partial charge on any atom is 0.202 e. The molecule has 2 rings (SSSR count). The van der Waals surface area contributed by atoms with Crippen LogP contribution < -0.4 is 0 Å². The summed E-state index contributed by atoms with van der Waals surface area (Å²) < 4.78 is 18.2. The highest BCUT2D eigenvalue weighted by Gasteiger charge is 2.12. The van der Waals surface area contributed by atoms with Gasteiger partial charge in [-0.3, -0.25) is 4.79 Å². The normalized spacial score (nSPS) is 10.5. The third-order valence-electron chi connectivity index (χ3n) is 2.67. The van der Waals surface area contributed by atoms with E-state index in [1.54, 1.807) is 32.0 Å². The van der Waals surface area contributed by atoms with Gasteiger partial charge in [-0.1, -0.05) is 6.07 Å². The molecule has 2 aromatic rings. The van der Waals surface area contributed by atoms with Crippen molar-refractivity contribution in [2.24, 2.45) is 0 Å². The number of hydrogen-bond donors (Lipinski definition) is 0. The average Bonchev–Trinajstić information content (AvgIpc) is 2.69. The molecule has 0 saturated heterocycles. The Hall–Kier alpha value is -1.90. The van der Waals surface area contributed by atoms with E-state index in [-0.39, 0.29) is 18.0 Å². The van der Waals surface area contributed by atoms with E-state index < -0.39 is 0 Å². The predicted octanol–water partition coefficient (Wildman–Crippen LogP) is 3.46. The van der Waals surface area contributed by atoms with Crippen molar-refractivity contribution in [2.45, 2.75) is 20.3 Å². The molecule has 0 spiro atoms. The summed E-state index contributed by atoms with van der Waals surface area (Å²) in [5.41, 5.74) is 1.60. The maximum absolute atomic E-state index is 12.9. The zero-order valence-corrected chi connectivity index (χ0v) is 9.79. The first-order valence-electron chi connectivity index (χ1n) is 5.41. The second kappa shape index (κ2) is 4.53. The molecule has 1 heterocycles. The van der Waals surface area contributed by atoms with Crippen molar-refractivity contribution in [2.75, 3.05) is 0 Å². The minimum Gasteiger partial charge on any atom is -0.458 e. The quantitative estimate of drug-likeness (QED) is 0.758. The fourth-order valence-electron chi connectivity index (χ4n) is 1.70. The number of carbonyl (C=O) groups is 1. The van der Waals surface area contributed by atoms with Crippen molar-refractivity contribution in [3.05, 3.63) is 58.8 Å². The van der Waals surface area contributed by atoms with Crippen molar-refractivity contribution in [1.82, 2.24) is 0 Å². The highest BCUT2D eigenvalue weighted by Crippen LogP contribution is 2.15. The first-order valence-corrected chi connectivity index (χ1v) is 5.41. The molecule has 0 unspecified atom stereocenters. The van der Waals surface area contributed by atoms with Gasteiger partial charge < -0.3 is 4.42 Å². The van der Waals surface area contributed by atoms with E-state index in [1.807, 2.05) is 0 Å². The number of aryl methyl sites for hydroxylation is 2. The summed E-state index contributed by atoms with van der Waals surface area (Å²) in [6.07, 6.45) is 0.235. The molecule has 0 saturated carbocycles. The maximum atomic E-state index is 12.9. The minimum absolute atomic E-state index is 0.0900. The highest BCUT2D eigenvalue weighted by atomic mass is 19.1. The van der Waals surface area contributed by atoms with Gasteiger partial charge in [0.25, 0.3) is 0 Å². The molecule has 0 fully saturated rings. The van der Waals surface area contributed by atoms with E-state index in [2.05, 4.69) is 0 Å². The number of halogens is 1. The number of benzene rings is 1. The van der Waals surface area contributed by atoms with Crippen LogP contribution in [-0.4, -0.2) is 5.78 Å². The van der Waals surface area contributed by atoms with Gasteiger partial charge in [0.1, 0.15) is 11.6 Å². The van der Waals surface area contributed by atoms with Gasteiger partial charge in [-0.05, 0) is 49.2 Å². The Morgan fingerprint density at radius 3 is 2.59 bits per heavy atom. The smallest absolute Gasteiger partial charge is 0.202 e. The molecular formula is C14H13FO2. The molecule has 0 bridgehead atoms. The van der Waals surface area contributed by atoms with E-state index in [9.17, 15) is 9.18 Å². The zero-order chi connectivity index (χ0) is 12.4. The summed E-state index contributed by atoms with van der Waals surface area (Å²) in [6, 6.07) is 7.85. The monoisotopic (exact) mass is 232 g/mol. The van der Waals surface area contributed by atoms with Crippen LogP contribution in [0.2, 0.25) is 0 Å². The summed E-state index contributed by atoms with van der Waals surface area (Å²) in [4.78, 5) is 11.9. The molecule has 1 aromatic heterocycles. The number of ketones is 1. The SMILES string of the molecule is Cc1ccc(C(=O)Cc2ccc(F)cc2C)o1. The molecule has 0 radical (unpaired) electrons. The molecule has 0 aliphatic heterocycles. The Bertz CT molecular complexity index is 555. The molecule has 3 heteroatoms. The lowest BCUT2D eigenvalue weighted by Gasteiger charge is -2.03. The number of furan rings is 1. The van der Waals surface area contributed by atoms with Gasteiger partial charge in [0.15, 0.2) is 5.76 Å². The molecule has 17 heavy (non-hydrogen) atoms. The molecule has 0 atom stereocenters. The van der Waals surface area contributed by atoms with Crippen molar-refractivity contribution in [3.63, 3.8) is 0 Å². The number of rotatable bonds is 3. The average molecular weight is 232 g/mol. The molecule has 1 aromatic carbocycles. The minimum atomic E-state index is -0.285. The lowest BCUT2D eigenvalue weighted by Crippen LogP contribution is -2.03. The third kappa shape index (κ3) is 2.61. The molecule has 2 nitrogen and oxygen atoms in total. The Morgan fingerprint density at radius 1 is 1.24 bits per heavy atom. The first-order chi connectivity index (χ1) is 8.06. The van der Waals surface area contributed by atoms with Crippen LogP contribution in [-0.2, 0) is 6.42 Å². The fraction of sp³-hybridized carbons (Fsp3) is 0.214. The lowest BCUT2D eigenvalue weighted by molar-refractivity contribution is 0.0965. The second-order valence-electron chi connectivity index (χ2n) is 4.08. The number of hydrogen-bond acceptors (Lipinski definition) is 2. The fourth-order valence-corrected chi connectivity index (χ4v) is 1.70. The number of carbonyl (C=O) groups excluding carboxylic acids is 1. The topological polar surface area (TPSA) is 30.2 Å². The van der Waals surface area contributed by atoms with Crippen molar-refractivity contribution in [3.8, 4) is 0 Å². The molecule has 88 valence electrons. The largest absolute Gasteiger partial charge is 0.458 e. The van der Waals surface area contributed by atoms with Gasteiger partial charge in [0.2, 0.25) is 5.78 Å². The van der Waals surface area contributed by atoms with Crippen molar-refractivity contribution in [1.29, 1.82) is 0 Å². The van der Waals surface area contributed by atoms with Crippen LogP contribution in [0.1, 0.15) is 27.4 Å². The van der Waals surface area contributed by atoms with E-state index in [0.717, 1.165) is 11.1 Å². The Morgan fingerprint density at radius 2 is 2.00 bits per heavy atom. The van der Waals surface area contributed by atoms with Gasteiger partial charge in [0.05, 0.1) is 0 Å². The Balaban J connectivity index is 2.18. The first kappa shape index (κ1) is 11.6. The van der Waals surface area contributed by atoms with Crippen LogP contribution in [0.3, 0.4) is 0 Å². The van der Waals surface area contributed by atoms with Gasteiger partial charge >= 0.3 is 0 Å².